The molecule has 0 aliphatic heterocycles. The molecular weight excluding hydrogens is 500 g/mol. The molecule has 0 saturated carbocycles. The molecule has 0 heterocycles. The molecule has 3 aromatic rings. The number of hydrogen-bond acceptors (Lipinski definition) is 4. The zero-order valence-electron chi connectivity index (χ0n) is 22.6. The Morgan fingerprint density at radius 2 is 1.53 bits per heavy atom. The molecule has 6 nitrogen and oxygen atoms in total. The number of carbonyl (C=O) groups is 2. The fourth-order valence-corrected chi connectivity index (χ4v) is 4.32. The zero-order valence-corrected chi connectivity index (χ0v) is 23.3. The van der Waals surface area contributed by atoms with Gasteiger partial charge >= 0.3 is 0 Å². The molecule has 0 aromatic heterocycles. The van der Waals surface area contributed by atoms with E-state index in [1.54, 1.807) is 31.3 Å². The molecule has 0 aliphatic carbocycles. The highest BCUT2D eigenvalue weighted by Crippen LogP contribution is 2.28. The van der Waals surface area contributed by atoms with Crippen LogP contribution in [0.3, 0.4) is 0 Å². The second-order valence-corrected chi connectivity index (χ2v) is 10.1. The molecule has 3 rings (SSSR count). The van der Waals surface area contributed by atoms with Crippen LogP contribution in [0.5, 0.6) is 11.5 Å². The van der Waals surface area contributed by atoms with E-state index >= 15 is 0 Å². The molecule has 0 aliphatic rings. The van der Waals surface area contributed by atoms with E-state index < -0.39 is 6.04 Å². The maximum Gasteiger partial charge on any atom is 0.243 e. The monoisotopic (exact) mass is 536 g/mol. The van der Waals surface area contributed by atoms with Crippen molar-refractivity contribution < 1.29 is 19.1 Å². The second kappa shape index (κ2) is 14.4. The summed E-state index contributed by atoms with van der Waals surface area (Å²) in [5.74, 6) is 1.29. The molecule has 1 atom stereocenters. The molecule has 2 amide bonds. The number of carbonyl (C=O) groups excluding carboxylic acids is 2. The highest BCUT2D eigenvalue weighted by Gasteiger charge is 2.30. The van der Waals surface area contributed by atoms with Crippen molar-refractivity contribution in [1.82, 2.24) is 10.2 Å². The molecule has 202 valence electrons. The standard InChI is InChI=1S/C31H37ClN2O4/c1-22(2)20-33-31(36)27(18-23-8-6-5-7-9-23)34(21-25-10-14-26(32)15-11-25)30(35)17-13-24-12-16-28(37-3)29(19-24)38-4/h5-12,14-16,19,22,27H,13,17-18,20-21H2,1-4H3,(H,33,36)/t27-/m0/s1. The molecule has 0 unspecified atom stereocenters. The van der Waals surface area contributed by atoms with Gasteiger partial charge in [-0.25, -0.2) is 0 Å². The third-order valence-corrected chi connectivity index (χ3v) is 6.55. The molecular formula is C31H37ClN2O4. The summed E-state index contributed by atoms with van der Waals surface area (Å²) in [6.45, 7) is 4.94. The van der Waals surface area contributed by atoms with Gasteiger partial charge in [-0.05, 0) is 53.3 Å². The second-order valence-electron chi connectivity index (χ2n) is 9.68. The van der Waals surface area contributed by atoms with Gasteiger partial charge in [-0.15, -0.1) is 0 Å². The summed E-state index contributed by atoms with van der Waals surface area (Å²) in [7, 11) is 3.18. The normalized spacial score (nSPS) is 11.6. The van der Waals surface area contributed by atoms with Gasteiger partial charge in [0.25, 0.3) is 0 Å². The number of methoxy groups -OCH3 is 2. The zero-order chi connectivity index (χ0) is 27.5. The Kier molecular flexibility index (Phi) is 11.0. The molecule has 3 aromatic carbocycles. The molecule has 0 spiro atoms. The lowest BCUT2D eigenvalue weighted by Crippen LogP contribution is -2.51. The number of nitrogens with zero attached hydrogens (tertiary/aromatic N) is 1. The fourth-order valence-electron chi connectivity index (χ4n) is 4.19. The fraction of sp³-hybridized carbons (Fsp3) is 0.355. The van der Waals surface area contributed by atoms with Crippen molar-refractivity contribution in [3.8, 4) is 11.5 Å². The van der Waals surface area contributed by atoms with E-state index in [0.717, 1.165) is 16.7 Å². The Morgan fingerprint density at radius 3 is 2.16 bits per heavy atom. The minimum atomic E-state index is -0.662. The van der Waals surface area contributed by atoms with Crippen LogP contribution in [-0.4, -0.2) is 43.5 Å². The predicted molar refractivity (Wildman–Crippen MR) is 152 cm³/mol. The number of hydrogen-bond donors (Lipinski definition) is 1. The van der Waals surface area contributed by atoms with E-state index in [-0.39, 0.29) is 18.2 Å². The van der Waals surface area contributed by atoms with Gasteiger partial charge in [0.1, 0.15) is 6.04 Å². The summed E-state index contributed by atoms with van der Waals surface area (Å²) in [5, 5.41) is 3.67. The van der Waals surface area contributed by atoms with E-state index in [1.165, 1.54) is 0 Å². The lowest BCUT2D eigenvalue weighted by atomic mass is 10.0. The van der Waals surface area contributed by atoms with Crippen LogP contribution in [0.25, 0.3) is 0 Å². The van der Waals surface area contributed by atoms with Gasteiger partial charge in [0.05, 0.1) is 14.2 Å². The average molecular weight is 537 g/mol. The maximum absolute atomic E-state index is 13.8. The van der Waals surface area contributed by atoms with E-state index in [4.69, 9.17) is 21.1 Å². The van der Waals surface area contributed by atoms with E-state index in [9.17, 15) is 9.59 Å². The largest absolute Gasteiger partial charge is 0.493 e. The molecule has 0 radical (unpaired) electrons. The third-order valence-electron chi connectivity index (χ3n) is 6.30. The average Bonchev–Trinajstić information content (AvgIpc) is 2.93. The summed E-state index contributed by atoms with van der Waals surface area (Å²) in [6, 6.07) is 22.2. The van der Waals surface area contributed by atoms with Crippen molar-refractivity contribution in [2.75, 3.05) is 20.8 Å². The van der Waals surface area contributed by atoms with Crippen molar-refractivity contribution in [2.24, 2.45) is 5.92 Å². The van der Waals surface area contributed by atoms with Gasteiger partial charge in [-0.1, -0.05) is 74.0 Å². The molecule has 1 N–H and O–H groups in total. The molecule has 0 bridgehead atoms. The number of benzene rings is 3. The summed E-state index contributed by atoms with van der Waals surface area (Å²) in [5.41, 5.74) is 2.85. The Bertz CT molecular complexity index is 1180. The summed E-state index contributed by atoms with van der Waals surface area (Å²) >= 11 is 6.10. The molecule has 7 heteroatoms. The number of rotatable bonds is 13. The Morgan fingerprint density at radius 1 is 0.868 bits per heavy atom. The minimum absolute atomic E-state index is 0.102. The van der Waals surface area contributed by atoms with E-state index in [1.807, 2.05) is 74.5 Å². The summed E-state index contributed by atoms with van der Waals surface area (Å²) < 4.78 is 10.7. The first-order valence-electron chi connectivity index (χ1n) is 12.9. The Balaban J connectivity index is 1.89. The minimum Gasteiger partial charge on any atom is -0.493 e. The van der Waals surface area contributed by atoms with Crippen LogP contribution >= 0.6 is 11.6 Å². The van der Waals surface area contributed by atoms with Gasteiger partial charge in [0.15, 0.2) is 11.5 Å². The first kappa shape index (κ1) is 29.1. The number of amides is 2. The van der Waals surface area contributed by atoms with Crippen molar-refractivity contribution in [3.05, 3.63) is 94.5 Å². The van der Waals surface area contributed by atoms with Crippen LogP contribution in [0.15, 0.2) is 72.8 Å². The SMILES string of the molecule is COc1ccc(CCC(=O)N(Cc2ccc(Cl)cc2)[C@@H](Cc2ccccc2)C(=O)NCC(C)C)cc1OC. The van der Waals surface area contributed by atoms with Crippen LogP contribution in [0.4, 0.5) is 0 Å². The summed E-state index contributed by atoms with van der Waals surface area (Å²) in [6.07, 6.45) is 1.16. The Hall–Kier alpha value is -3.51. The molecule has 38 heavy (non-hydrogen) atoms. The lowest BCUT2D eigenvalue weighted by molar-refractivity contribution is -0.141. The molecule has 0 saturated heterocycles. The van der Waals surface area contributed by atoms with Crippen molar-refractivity contribution in [2.45, 2.75) is 45.7 Å². The lowest BCUT2D eigenvalue weighted by Gasteiger charge is -2.32. The highest BCUT2D eigenvalue weighted by atomic mass is 35.5. The molecule has 0 fully saturated rings. The maximum atomic E-state index is 13.8. The third kappa shape index (κ3) is 8.52. The predicted octanol–water partition coefficient (Wildman–Crippen LogP) is 5.70. The highest BCUT2D eigenvalue weighted by molar-refractivity contribution is 6.30. The number of halogens is 1. The quantitative estimate of drug-likeness (QED) is 0.304. The number of nitrogens with one attached hydrogen (secondary N) is 1. The first-order valence-corrected chi connectivity index (χ1v) is 13.2. The van der Waals surface area contributed by atoms with Crippen LogP contribution in [0.2, 0.25) is 5.02 Å². The van der Waals surface area contributed by atoms with Crippen molar-refractivity contribution in [3.63, 3.8) is 0 Å². The van der Waals surface area contributed by atoms with Crippen LogP contribution in [0, 0.1) is 5.92 Å². The van der Waals surface area contributed by atoms with Crippen molar-refractivity contribution in [1.29, 1.82) is 0 Å². The number of ether oxygens (including phenoxy) is 2. The van der Waals surface area contributed by atoms with Gasteiger partial charge in [-0.2, -0.15) is 0 Å². The topological polar surface area (TPSA) is 67.9 Å². The van der Waals surface area contributed by atoms with Gasteiger partial charge < -0.3 is 19.7 Å². The smallest absolute Gasteiger partial charge is 0.243 e. The first-order chi connectivity index (χ1) is 18.3. The van der Waals surface area contributed by atoms with E-state index in [2.05, 4.69) is 5.32 Å². The Labute approximate surface area is 230 Å². The van der Waals surface area contributed by atoms with Crippen LogP contribution < -0.4 is 14.8 Å². The van der Waals surface area contributed by atoms with Crippen LogP contribution in [-0.2, 0) is 29.0 Å². The summed E-state index contributed by atoms with van der Waals surface area (Å²) in [4.78, 5) is 29.0. The van der Waals surface area contributed by atoms with Gasteiger partial charge in [0.2, 0.25) is 11.8 Å². The van der Waals surface area contributed by atoms with Crippen molar-refractivity contribution >= 4 is 23.4 Å². The van der Waals surface area contributed by atoms with E-state index in [0.29, 0.717) is 48.4 Å². The van der Waals surface area contributed by atoms with Gasteiger partial charge in [0, 0.05) is 31.0 Å². The van der Waals surface area contributed by atoms with Gasteiger partial charge in [-0.3, -0.25) is 9.59 Å². The number of aryl methyl sites for hydroxylation is 1. The van der Waals surface area contributed by atoms with Crippen LogP contribution in [0.1, 0.15) is 37.0 Å².